The van der Waals surface area contributed by atoms with Gasteiger partial charge in [0.1, 0.15) is 0 Å². The summed E-state index contributed by atoms with van der Waals surface area (Å²) in [6.07, 6.45) is 2.05. The highest BCUT2D eigenvalue weighted by molar-refractivity contribution is 8.00. The van der Waals surface area contributed by atoms with Crippen molar-refractivity contribution >= 4 is 23.4 Å². The van der Waals surface area contributed by atoms with Crippen molar-refractivity contribution in [1.82, 2.24) is 0 Å². The zero-order valence-corrected chi connectivity index (χ0v) is 11.0. The second-order valence-electron chi connectivity index (χ2n) is 4.28. The van der Waals surface area contributed by atoms with Crippen LogP contribution in [0.2, 0.25) is 0 Å². The highest BCUT2D eigenvalue weighted by Gasteiger charge is 2.14. The number of para-hydroxylation sites is 1. The van der Waals surface area contributed by atoms with E-state index in [2.05, 4.69) is 5.32 Å². The van der Waals surface area contributed by atoms with Crippen LogP contribution in [0.5, 0.6) is 0 Å². The first-order valence-corrected chi connectivity index (χ1v) is 7.08. The number of nitrogens with two attached hydrogens (primary N) is 1. The van der Waals surface area contributed by atoms with Gasteiger partial charge in [-0.3, -0.25) is 4.79 Å². The van der Waals surface area contributed by atoms with Crippen molar-refractivity contribution in [3.63, 3.8) is 0 Å². The monoisotopic (exact) mass is 266 g/mol. The summed E-state index contributed by atoms with van der Waals surface area (Å²) in [6.45, 7) is 1.63. The Balaban J connectivity index is 1.99. The van der Waals surface area contributed by atoms with Gasteiger partial charge >= 0.3 is 0 Å². The van der Waals surface area contributed by atoms with Crippen molar-refractivity contribution in [3.05, 3.63) is 24.3 Å². The van der Waals surface area contributed by atoms with E-state index in [1.54, 1.807) is 0 Å². The quantitative estimate of drug-likeness (QED) is 0.798. The molecule has 0 bridgehead atoms. The maximum Gasteiger partial charge on any atom is 0.227 e. The summed E-state index contributed by atoms with van der Waals surface area (Å²) in [5, 5.41) is 3.52. The van der Waals surface area contributed by atoms with Crippen molar-refractivity contribution in [2.45, 2.75) is 23.8 Å². The van der Waals surface area contributed by atoms with Gasteiger partial charge in [-0.05, 0) is 25.0 Å². The van der Waals surface area contributed by atoms with Crippen LogP contribution in [0.4, 0.5) is 5.69 Å². The van der Waals surface area contributed by atoms with Gasteiger partial charge < -0.3 is 15.8 Å². The maximum atomic E-state index is 10.8. The Kier molecular flexibility index (Phi) is 4.90. The minimum Gasteiger partial charge on any atom is -0.381 e. The van der Waals surface area contributed by atoms with E-state index in [1.807, 2.05) is 24.3 Å². The zero-order valence-electron chi connectivity index (χ0n) is 10.2. The Bertz CT molecular complexity index is 406. The summed E-state index contributed by atoms with van der Waals surface area (Å²) in [5.74, 6) is 0.0211. The van der Waals surface area contributed by atoms with E-state index in [4.69, 9.17) is 10.5 Å². The van der Waals surface area contributed by atoms with Gasteiger partial charge in [0.2, 0.25) is 5.91 Å². The minimum atomic E-state index is -0.291. The fourth-order valence-electron chi connectivity index (χ4n) is 1.92. The Morgan fingerprint density at radius 3 is 2.83 bits per heavy atom. The molecule has 1 aliphatic heterocycles. The third-order valence-corrected chi connectivity index (χ3v) is 3.93. The van der Waals surface area contributed by atoms with Crippen molar-refractivity contribution in [1.29, 1.82) is 0 Å². The van der Waals surface area contributed by atoms with Crippen LogP contribution in [0.3, 0.4) is 0 Å². The lowest BCUT2D eigenvalue weighted by molar-refractivity contribution is -0.115. The van der Waals surface area contributed by atoms with E-state index in [9.17, 15) is 4.79 Å². The molecule has 0 spiro atoms. The third kappa shape index (κ3) is 3.92. The fourth-order valence-corrected chi connectivity index (χ4v) is 2.68. The Morgan fingerprint density at radius 2 is 2.11 bits per heavy atom. The van der Waals surface area contributed by atoms with Gasteiger partial charge in [-0.2, -0.15) is 0 Å². The number of amides is 1. The smallest absolute Gasteiger partial charge is 0.227 e. The fraction of sp³-hybridized carbons (Fsp3) is 0.462. The third-order valence-electron chi connectivity index (χ3n) is 2.84. The Labute approximate surface area is 111 Å². The van der Waals surface area contributed by atoms with E-state index < -0.39 is 0 Å². The molecule has 1 fully saturated rings. The molecule has 1 aliphatic rings. The largest absolute Gasteiger partial charge is 0.381 e. The highest BCUT2D eigenvalue weighted by atomic mass is 32.2. The van der Waals surface area contributed by atoms with E-state index in [-0.39, 0.29) is 5.91 Å². The topological polar surface area (TPSA) is 64.4 Å². The number of rotatable bonds is 5. The van der Waals surface area contributed by atoms with Crippen LogP contribution >= 0.6 is 11.8 Å². The average Bonchev–Trinajstić information content (AvgIpc) is 2.39. The predicted molar refractivity (Wildman–Crippen MR) is 73.8 cm³/mol. The number of hydrogen-bond donors (Lipinski definition) is 2. The molecule has 0 saturated carbocycles. The Morgan fingerprint density at radius 1 is 1.39 bits per heavy atom. The number of thioether (sulfide) groups is 1. The normalized spacial score (nSPS) is 16.4. The zero-order chi connectivity index (χ0) is 12.8. The summed E-state index contributed by atoms with van der Waals surface area (Å²) >= 11 is 1.48. The molecule has 0 unspecified atom stereocenters. The van der Waals surface area contributed by atoms with Crippen molar-refractivity contribution < 1.29 is 9.53 Å². The molecule has 98 valence electrons. The lowest BCUT2D eigenvalue weighted by atomic mass is 10.1. The van der Waals surface area contributed by atoms with Gasteiger partial charge in [0, 0.05) is 29.8 Å². The van der Waals surface area contributed by atoms with Crippen LogP contribution in [0.25, 0.3) is 0 Å². The maximum absolute atomic E-state index is 10.8. The molecule has 1 amide bonds. The first kappa shape index (κ1) is 13.2. The van der Waals surface area contributed by atoms with E-state index in [0.717, 1.165) is 36.6 Å². The molecule has 1 heterocycles. The summed E-state index contributed by atoms with van der Waals surface area (Å²) in [5.41, 5.74) is 6.26. The highest BCUT2D eigenvalue weighted by Crippen LogP contribution is 2.28. The minimum absolute atomic E-state index is 0.291. The van der Waals surface area contributed by atoms with Crippen molar-refractivity contribution in [3.8, 4) is 0 Å². The number of ether oxygens (including phenoxy) is 1. The molecule has 18 heavy (non-hydrogen) atoms. The molecule has 4 nitrogen and oxygen atoms in total. The predicted octanol–water partition coefficient (Wildman–Crippen LogP) is 1.85. The number of carbonyl (C=O) groups is 1. The average molecular weight is 266 g/mol. The summed E-state index contributed by atoms with van der Waals surface area (Å²) in [7, 11) is 0. The van der Waals surface area contributed by atoms with Gasteiger partial charge in [-0.1, -0.05) is 12.1 Å². The molecule has 0 aliphatic carbocycles. The van der Waals surface area contributed by atoms with Crippen LogP contribution in [0, 0.1) is 0 Å². The van der Waals surface area contributed by atoms with Crippen molar-refractivity contribution in [2.24, 2.45) is 5.73 Å². The van der Waals surface area contributed by atoms with Crippen LogP contribution in [-0.2, 0) is 9.53 Å². The van der Waals surface area contributed by atoms with E-state index in [1.165, 1.54) is 11.8 Å². The lowest BCUT2D eigenvalue weighted by Gasteiger charge is -2.25. The standard InChI is InChI=1S/C13H18N2O2S/c14-13(16)9-18-12-4-2-1-3-11(12)15-10-5-7-17-8-6-10/h1-4,10,15H,5-9H2,(H2,14,16). The first-order valence-electron chi connectivity index (χ1n) is 6.10. The van der Waals surface area contributed by atoms with E-state index >= 15 is 0 Å². The van der Waals surface area contributed by atoms with E-state index in [0.29, 0.717) is 11.8 Å². The number of benzene rings is 1. The number of nitrogens with one attached hydrogen (secondary N) is 1. The first-order chi connectivity index (χ1) is 8.75. The second kappa shape index (κ2) is 6.66. The summed E-state index contributed by atoms with van der Waals surface area (Å²) < 4.78 is 5.34. The van der Waals surface area contributed by atoms with Gasteiger partial charge in [0.15, 0.2) is 0 Å². The SMILES string of the molecule is NC(=O)CSc1ccccc1NC1CCOCC1. The molecular formula is C13H18N2O2S. The molecule has 5 heteroatoms. The summed E-state index contributed by atoms with van der Waals surface area (Å²) in [6, 6.07) is 8.47. The van der Waals surface area contributed by atoms with Gasteiger partial charge in [-0.25, -0.2) is 0 Å². The van der Waals surface area contributed by atoms with Crippen LogP contribution in [0.15, 0.2) is 29.2 Å². The van der Waals surface area contributed by atoms with Gasteiger partial charge in [0.05, 0.1) is 5.75 Å². The molecule has 0 aromatic heterocycles. The molecule has 3 N–H and O–H groups in total. The molecular weight excluding hydrogens is 248 g/mol. The number of anilines is 1. The van der Waals surface area contributed by atoms with Crippen molar-refractivity contribution in [2.75, 3.05) is 24.3 Å². The number of carbonyl (C=O) groups excluding carboxylic acids is 1. The number of hydrogen-bond acceptors (Lipinski definition) is 4. The van der Waals surface area contributed by atoms with Crippen LogP contribution in [0.1, 0.15) is 12.8 Å². The number of primary amides is 1. The molecule has 2 rings (SSSR count). The van der Waals surface area contributed by atoms with Gasteiger partial charge in [0.25, 0.3) is 0 Å². The lowest BCUT2D eigenvalue weighted by Crippen LogP contribution is -2.28. The van der Waals surface area contributed by atoms with Crippen LogP contribution < -0.4 is 11.1 Å². The molecule has 0 atom stereocenters. The molecule has 1 saturated heterocycles. The second-order valence-corrected chi connectivity index (χ2v) is 5.30. The molecule has 0 radical (unpaired) electrons. The molecule has 1 aromatic rings. The van der Waals surface area contributed by atoms with Crippen LogP contribution in [-0.4, -0.2) is 30.9 Å². The summed E-state index contributed by atoms with van der Waals surface area (Å²) in [4.78, 5) is 11.9. The Hall–Kier alpha value is -1.20. The molecule has 1 aromatic carbocycles. The van der Waals surface area contributed by atoms with Gasteiger partial charge in [-0.15, -0.1) is 11.8 Å².